The summed E-state index contributed by atoms with van der Waals surface area (Å²) in [6, 6.07) is 10.4. The molecule has 4 nitrogen and oxygen atoms in total. The second-order valence-corrected chi connectivity index (χ2v) is 6.92. The number of amides is 1. The number of hydrogen-bond acceptors (Lipinski definition) is 2. The molecular formula is C19H23N3O. The van der Waals surface area contributed by atoms with Crippen molar-refractivity contribution in [2.24, 2.45) is 0 Å². The number of hydrogen-bond donors (Lipinski definition) is 1. The molecule has 1 atom stereocenters. The lowest BCUT2D eigenvalue weighted by Gasteiger charge is -2.38. The Morgan fingerprint density at radius 3 is 2.70 bits per heavy atom. The van der Waals surface area contributed by atoms with Gasteiger partial charge in [-0.15, -0.1) is 0 Å². The molecule has 1 aliphatic heterocycles. The van der Waals surface area contributed by atoms with Crippen LogP contribution in [0.2, 0.25) is 0 Å². The Morgan fingerprint density at radius 1 is 1.26 bits per heavy atom. The number of nitrogens with one attached hydrogen (secondary N) is 1. The minimum absolute atomic E-state index is 0.153. The molecule has 0 spiro atoms. The number of likely N-dealkylation sites (tertiary alicyclic amines) is 1. The van der Waals surface area contributed by atoms with Crippen LogP contribution in [0.3, 0.4) is 0 Å². The third-order valence-corrected chi connectivity index (χ3v) is 5.45. The molecule has 0 radical (unpaired) electrons. The van der Waals surface area contributed by atoms with Crippen molar-refractivity contribution in [3.05, 3.63) is 53.3 Å². The molecule has 1 aromatic carbocycles. The Hall–Kier alpha value is -2.10. The summed E-state index contributed by atoms with van der Waals surface area (Å²) in [7, 11) is 0. The zero-order valence-corrected chi connectivity index (χ0v) is 13.6. The van der Waals surface area contributed by atoms with Gasteiger partial charge < -0.3 is 4.90 Å². The van der Waals surface area contributed by atoms with Crippen molar-refractivity contribution in [3.63, 3.8) is 0 Å². The maximum Gasteiger partial charge on any atom is 0.233 e. The third kappa shape index (κ3) is 2.37. The zero-order valence-electron chi connectivity index (χ0n) is 13.6. The number of aryl methyl sites for hydroxylation is 1. The Labute approximate surface area is 136 Å². The van der Waals surface area contributed by atoms with Gasteiger partial charge in [-0.3, -0.25) is 9.89 Å². The third-order valence-electron chi connectivity index (χ3n) is 5.45. The van der Waals surface area contributed by atoms with Crippen molar-refractivity contribution in [2.45, 2.75) is 50.5 Å². The smallest absolute Gasteiger partial charge is 0.233 e. The summed E-state index contributed by atoms with van der Waals surface area (Å²) < 4.78 is 0. The van der Waals surface area contributed by atoms with Gasteiger partial charge in [-0.2, -0.15) is 5.10 Å². The Kier molecular flexibility index (Phi) is 3.47. The fourth-order valence-corrected chi connectivity index (χ4v) is 3.95. The lowest BCUT2D eigenvalue weighted by Crippen LogP contribution is -2.44. The first-order chi connectivity index (χ1) is 11.2. The minimum Gasteiger partial charge on any atom is -0.333 e. The van der Waals surface area contributed by atoms with E-state index in [-0.39, 0.29) is 11.5 Å². The van der Waals surface area contributed by atoms with E-state index in [1.54, 1.807) is 0 Å². The molecule has 1 saturated carbocycles. The van der Waals surface area contributed by atoms with Crippen molar-refractivity contribution in [3.8, 4) is 0 Å². The van der Waals surface area contributed by atoms with Crippen LogP contribution in [0.1, 0.15) is 55.0 Å². The average Bonchev–Trinajstić information content (AvgIpc) is 3.31. The van der Waals surface area contributed by atoms with Crippen LogP contribution >= 0.6 is 0 Å². The van der Waals surface area contributed by atoms with Crippen LogP contribution in [0, 0.1) is 6.92 Å². The summed E-state index contributed by atoms with van der Waals surface area (Å²) in [4.78, 5) is 15.5. The average molecular weight is 309 g/mol. The van der Waals surface area contributed by atoms with E-state index in [1.165, 1.54) is 12.0 Å². The SMILES string of the molecule is Cc1cn[nH]c1[C@@H]1CCCCN1C(=O)C1(c2ccccc2)CC1. The topological polar surface area (TPSA) is 49.0 Å². The molecule has 4 heteroatoms. The van der Waals surface area contributed by atoms with Crippen molar-refractivity contribution in [2.75, 3.05) is 6.54 Å². The van der Waals surface area contributed by atoms with Crippen LogP contribution in [-0.2, 0) is 10.2 Å². The van der Waals surface area contributed by atoms with Gasteiger partial charge in [0.25, 0.3) is 0 Å². The highest BCUT2D eigenvalue weighted by atomic mass is 16.2. The number of benzene rings is 1. The molecular weight excluding hydrogens is 286 g/mol. The summed E-state index contributed by atoms with van der Waals surface area (Å²) in [6.07, 6.45) is 7.10. The number of rotatable bonds is 3. The summed E-state index contributed by atoms with van der Waals surface area (Å²) in [6.45, 7) is 2.93. The van der Waals surface area contributed by atoms with E-state index in [1.807, 2.05) is 24.4 Å². The van der Waals surface area contributed by atoms with Crippen LogP contribution in [0.25, 0.3) is 0 Å². The first-order valence-corrected chi connectivity index (χ1v) is 8.59. The summed E-state index contributed by atoms with van der Waals surface area (Å²) in [5, 5.41) is 7.29. The number of nitrogens with zero attached hydrogens (tertiary/aromatic N) is 2. The van der Waals surface area contributed by atoms with E-state index in [0.29, 0.717) is 5.91 Å². The second-order valence-electron chi connectivity index (χ2n) is 6.92. The van der Waals surface area contributed by atoms with E-state index in [9.17, 15) is 4.79 Å². The number of carbonyl (C=O) groups is 1. The molecule has 1 amide bonds. The van der Waals surface area contributed by atoms with Gasteiger partial charge in [0.1, 0.15) is 0 Å². The van der Waals surface area contributed by atoms with Crippen molar-refractivity contribution in [1.29, 1.82) is 0 Å². The summed E-state index contributed by atoms with van der Waals surface area (Å²) in [5.74, 6) is 0.308. The van der Waals surface area contributed by atoms with Crippen LogP contribution in [0.5, 0.6) is 0 Å². The second kappa shape index (κ2) is 5.52. The molecule has 0 unspecified atom stereocenters. The molecule has 1 N–H and O–H groups in total. The molecule has 2 aliphatic rings. The van der Waals surface area contributed by atoms with Crippen molar-refractivity contribution >= 4 is 5.91 Å². The number of H-pyrrole nitrogens is 1. The standard InChI is InChI=1S/C19H23N3O/c1-14-13-20-21-17(14)16-9-5-6-12-22(16)18(23)19(10-11-19)15-7-3-2-4-8-15/h2-4,7-8,13,16H,5-6,9-12H2,1H3,(H,20,21)/t16-/m0/s1. The highest BCUT2D eigenvalue weighted by Gasteiger charge is 2.54. The number of aromatic nitrogens is 2. The van der Waals surface area contributed by atoms with Gasteiger partial charge in [-0.1, -0.05) is 30.3 Å². The molecule has 1 saturated heterocycles. The Morgan fingerprint density at radius 2 is 2.04 bits per heavy atom. The zero-order chi connectivity index (χ0) is 15.9. The van der Waals surface area contributed by atoms with E-state index < -0.39 is 0 Å². The molecule has 23 heavy (non-hydrogen) atoms. The van der Waals surface area contributed by atoms with E-state index in [4.69, 9.17) is 0 Å². The minimum atomic E-state index is -0.273. The van der Waals surface area contributed by atoms with Gasteiger partial charge in [-0.05, 0) is 50.2 Å². The number of piperidine rings is 1. The molecule has 4 rings (SSSR count). The fraction of sp³-hybridized carbons (Fsp3) is 0.474. The van der Waals surface area contributed by atoms with Crippen molar-refractivity contribution in [1.82, 2.24) is 15.1 Å². The van der Waals surface area contributed by atoms with Gasteiger partial charge in [-0.25, -0.2) is 0 Å². The van der Waals surface area contributed by atoms with Crippen LogP contribution in [0.15, 0.2) is 36.5 Å². The first-order valence-electron chi connectivity index (χ1n) is 8.59. The van der Waals surface area contributed by atoms with E-state index >= 15 is 0 Å². The van der Waals surface area contributed by atoms with Crippen LogP contribution < -0.4 is 0 Å². The molecule has 0 bridgehead atoms. The maximum atomic E-state index is 13.4. The molecule has 1 aliphatic carbocycles. The van der Waals surface area contributed by atoms with E-state index in [0.717, 1.165) is 43.5 Å². The molecule has 1 aromatic heterocycles. The largest absolute Gasteiger partial charge is 0.333 e. The van der Waals surface area contributed by atoms with E-state index in [2.05, 4.69) is 34.2 Å². The quantitative estimate of drug-likeness (QED) is 0.943. The van der Waals surface area contributed by atoms with Gasteiger partial charge in [0.05, 0.1) is 23.3 Å². The van der Waals surface area contributed by atoms with Gasteiger partial charge in [0, 0.05) is 6.54 Å². The molecule has 2 aromatic rings. The highest BCUT2D eigenvalue weighted by Crippen LogP contribution is 2.51. The maximum absolute atomic E-state index is 13.4. The molecule has 120 valence electrons. The van der Waals surface area contributed by atoms with Gasteiger partial charge >= 0.3 is 0 Å². The predicted molar refractivity (Wildman–Crippen MR) is 89.0 cm³/mol. The normalized spacial score (nSPS) is 22.8. The van der Waals surface area contributed by atoms with Gasteiger partial charge in [0.15, 0.2) is 0 Å². The summed E-state index contributed by atoms with van der Waals surface area (Å²) >= 11 is 0. The Bertz CT molecular complexity index is 702. The predicted octanol–water partition coefficient (Wildman–Crippen LogP) is 3.50. The van der Waals surface area contributed by atoms with Crippen LogP contribution in [0.4, 0.5) is 0 Å². The highest BCUT2D eigenvalue weighted by molar-refractivity contribution is 5.91. The summed E-state index contributed by atoms with van der Waals surface area (Å²) in [5.41, 5.74) is 3.17. The fourth-order valence-electron chi connectivity index (χ4n) is 3.95. The monoisotopic (exact) mass is 309 g/mol. The number of carbonyl (C=O) groups excluding carboxylic acids is 1. The van der Waals surface area contributed by atoms with Crippen LogP contribution in [-0.4, -0.2) is 27.5 Å². The molecule has 2 fully saturated rings. The first kappa shape index (κ1) is 14.5. The Balaban J connectivity index is 1.65. The van der Waals surface area contributed by atoms with Gasteiger partial charge in [0.2, 0.25) is 5.91 Å². The lowest BCUT2D eigenvalue weighted by atomic mass is 9.90. The lowest BCUT2D eigenvalue weighted by molar-refractivity contribution is -0.138. The van der Waals surface area contributed by atoms with Crippen molar-refractivity contribution < 1.29 is 4.79 Å². The molecule has 2 heterocycles. The number of aromatic amines is 1.